The fourth-order valence-corrected chi connectivity index (χ4v) is 3.01. The van der Waals surface area contributed by atoms with Gasteiger partial charge >= 0.3 is 0 Å². The van der Waals surface area contributed by atoms with Crippen LogP contribution in [0.1, 0.15) is 36.9 Å². The normalized spacial score (nSPS) is 12.5. The zero-order valence-corrected chi connectivity index (χ0v) is 14.6. The molecule has 1 atom stereocenters. The number of benzene rings is 1. The maximum atomic E-state index is 9.81. The Bertz CT molecular complexity index is 641. The number of nitrogens with zero attached hydrogens (tertiary/aromatic N) is 2. The van der Waals surface area contributed by atoms with Gasteiger partial charge in [0.15, 0.2) is 0 Å². The standard InChI is InChI=1S/C15H18BrClN2O2/c1-4-12-15(16)13(19(3)18-12)8-21-14-6-5-10(17)7-11(14)9(2)20/h5-7,9,20H,4,8H2,1-3H3/t9-/m1/s1. The van der Waals surface area contributed by atoms with Gasteiger partial charge in [0.25, 0.3) is 0 Å². The number of hydrogen-bond donors (Lipinski definition) is 1. The van der Waals surface area contributed by atoms with Crippen molar-refractivity contribution >= 4 is 27.5 Å². The average molecular weight is 374 g/mol. The summed E-state index contributed by atoms with van der Waals surface area (Å²) in [5.41, 5.74) is 2.64. The molecule has 0 aliphatic carbocycles. The third kappa shape index (κ3) is 3.59. The zero-order chi connectivity index (χ0) is 15.6. The minimum Gasteiger partial charge on any atom is -0.487 e. The van der Waals surface area contributed by atoms with Gasteiger partial charge in [-0.1, -0.05) is 18.5 Å². The second kappa shape index (κ2) is 6.81. The lowest BCUT2D eigenvalue weighted by Crippen LogP contribution is -2.06. The monoisotopic (exact) mass is 372 g/mol. The SMILES string of the molecule is CCc1nn(C)c(COc2ccc(Cl)cc2[C@@H](C)O)c1Br. The number of hydrogen-bond acceptors (Lipinski definition) is 3. The van der Waals surface area contributed by atoms with Crippen molar-refractivity contribution in [3.05, 3.63) is 44.6 Å². The van der Waals surface area contributed by atoms with Crippen molar-refractivity contribution < 1.29 is 9.84 Å². The summed E-state index contributed by atoms with van der Waals surface area (Å²) in [5, 5.41) is 14.8. The molecule has 1 aromatic carbocycles. The summed E-state index contributed by atoms with van der Waals surface area (Å²) in [5.74, 6) is 0.626. The van der Waals surface area contributed by atoms with E-state index in [2.05, 4.69) is 28.0 Å². The molecule has 1 heterocycles. The molecule has 4 nitrogen and oxygen atoms in total. The summed E-state index contributed by atoms with van der Waals surface area (Å²) < 4.78 is 8.63. The van der Waals surface area contributed by atoms with E-state index in [1.807, 2.05) is 7.05 Å². The van der Waals surface area contributed by atoms with Gasteiger partial charge in [-0.25, -0.2) is 0 Å². The van der Waals surface area contributed by atoms with Crippen molar-refractivity contribution in [2.45, 2.75) is 33.0 Å². The minimum absolute atomic E-state index is 0.367. The van der Waals surface area contributed by atoms with Crippen molar-refractivity contribution in [2.75, 3.05) is 0 Å². The maximum absolute atomic E-state index is 9.81. The minimum atomic E-state index is -0.639. The van der Waals surface area contributed by atoms with Crippen molar-refractivity contribution in [1.29, 1.82) is 0 Å². The third-order valence-electron chi connectivity index (χ3n) is 3.29. The summed E-state index contributed by atoms with van der Waals surface area (Å²) in [6.45, 7) is 4.11. The molecule has 21 heavy (non-hydrogen) atoms. The smallest absolute Gasteiger partial charge is 0.131 e. The Morgan fingerprint density at radius 1 is 1.48 bits per heavy atom. The van der Waals surface area contributed by atoms with Crippen LogP contribution in [0.25, 0.3) is 0 Å². The van der Waals surface area contributed by atoms with Gasteiger partial charge < -0.3 is 9.84 Å². The quantitative estimate of drug-likeness (QED) is 0.860. The van der Waals surface area contributed by atoms with Crippen molar-refractivity contribution in [1.82, 2.24) is 9.78 Å². The van der Waals surface area contributed by atoms with Crippen LogP contribution in [0, 0.1) is 0 Å². The highest BCUT2D eigenvalue weighted by Gasteiger charge is 2.15. The van der Waals surface area contributed by atoms with E-state index in [4.69, 9.17) is 16.3 Å². The van der Waals surface area contributed by atoms with E-state index in [0.717, 1.165) is 22.3 Å². The molecule has 2 rings (SSSR count). The molecule has 0 fully saturated rings. The number of rotatable bonds is 5. The van der Waals surface area contributed by atoms with Gasteiger partial charge in [-0.3, -0.25) is 4.68 Å². The predicted molar refractivity (Wildman–Crippen MR) is 86.7 cm³/mol. The van der Waals surface area contributed by atoms with Crippen molar-refractivity contribution in [3.8, 4) is 5.75 Å². The highest BCUT2D eigenvalue weighted by molar-refractivity contribution is 9.10. The van der Waals surface area contributed by atoms with Crippen LogP contribution in [0.5, 0.6) is 5.75 Å². The van der Waals surface area contributed by atoms with Crippen molar-refractivity contribution in [3.63, 3.8) is 0 Å². The molecule has 0 radical (unpaired) electrons. The van der Waals surface area contributed by atoms with Gasteiger partial charge in [0.2, 0.25) is 0 Å². The summed E-state index contributed by atoms with van der Waals surface area (Å²) in [6.07, 6.45) is 0.216. The summed E-state index contributed by atoms with van der Waals surface area (Å²) in [6, 6.07) is 5.24. The summed E-state index contributed by atoms with van der Waals surface area (Å²) in [4.78, 5) is 0. The maximum Gasteiger partial charge on any atom is 0.131 e. The van der Waals surface area contributed by atoms with Crippen LogP contribution >= 0.6 is 27.5 Å². The highest BCUT2D eigenvalue weighted by atomic mass is 79.9. The molecule has 0 aliphatic rings. The van der Waals surface area contributed by atoms with Crippen LogP contribution in [-0.2, 0) is 20.1 Å². The van der Waals surface area contributed by atoms with Crippen LogP contribution in [0.4, 0.5) is 0 Å². The van der Waals surface area contributed by atoms with Crippen LogP contribution in [0.2, 0.25) is 5.02 Å². The second-order valence-electron chi connectivity index (χ2n) is 4.83. The number of aliphatic hydroxyl groups excluding tert-OH is 1. The molecule has 0 saturated heterocycles. The number of ether oxygens (including phenoxy) is 1. The summed E-state index contributed by atoms with van der Waals surface area (Å²) in [7, 11) is 1.89. The van der Waals surface area contributed by atoms with Gasteiger partial charge in [-0.2, -0.15) is 5.10 Å². The number of aliphatic hydroxyl groups is 1. The predicted octanol–water partition coefficient (Wildman–Crippen LogP) is 4.03. The van der Waals surface area contributed by atoms with E-state index in [1.165, 1.54) is 0 Å². The van der Waals surface area contributed by atoms with E-state index >= 15 is 0 Å². The van der Waals surface area contributed by atoms with E-state index < -0.39 is 6.10 Å². The Labute approximate surface area is 137 Å². The Morgan fingerprint density at radius 2 is 2.19 bits per heavy atom. The molecule has 114 valence electrons. The van der Waals surface area contributed by atoms with Crippen LogP contribution < -0.4 is 4.74 Å². The van der Waals surface area contributed by atoms with Gasteiger partial charge in [0, 0.05) is 17.6 Å². The third-order valence-corrected chi connectivity index (χ3v) is 4.44. The molecule has 1 N–H and O–H groups in total. The Morgan fingerprint density at radius 3 is 2.76 bits per heavy atom. The molecular formula is C15H18BrClN2O2. The molecule has 2 aromatic rings. The molecule has 0 amide bonds. The van der Waals surface area contributed by atoms with Gasteiger partial charge in [-0.15, -0.1) is 0 Å². The largest absolute Gasteiger partial charge is 0.487 e. The Balaban J connectivity index is 2.23. The molecule has 0 unspecified atom stereocenters. The fraction of sp³-hybridized carbons (Fsp3) is 0.400. The van der Waals surface area contributed by atoms with Gasteiger partial charge in [0.05, 0.1) is 22.0 Å². The molecule has 0 aliphatic heterocycles. The molecule has 6 heteroatoms. The molecule has 0 saturated carbocycles. The first kappa shape index (κ1) is 16.3. The molecule has 1 aromatic heterocycles. The second-order valence-corrected chi connectivity index (χ2v) is 6.06. The lowest BCUT2D eigenvalue weighted by atomic mass is 10.1. The average Bonchev–Trinajstić information content (AvgIpc) is 2.72. The van der Waals surface area contributed by atoms with Gasteiger partial charge in [-0.05, 0) is 47.5 Å². The zero-order valence-electron chi connectivity index (χ0n) is 12.2. The lowest BCUT2D eigenvalue weighted by Gasteiger charge is -2.14. The molecule has 0 spiro atoms. The Hall–Kier alpha value is -1.04. The van der Waals surface area contributed by atoms with E-state index in [9.17, 15) is 5.11 Å². The van der Waals surface area contributed by atoms with Crippen molar-refractivity contribution in [2.24, 2.45) is 7.05 Å². The van der Waals surface area contributed by atoms with E-state index in [1.54, 1.807) is 29.8 Å². The number of halogens is 2. The Kier molecular flexibility index (Phi) is 5.30. The first-order valence-electron chi connectivity index (χ1n) is 6.74. The van der Waals surface area contributed by atoms with Gasteiger partial charge in [0.1, 0.15) is 12.4 Å². The first-order valence-corrected chi connectivity index (χ1v) is 7.91. The van der Waals surface area contributed by atoms with Crippen LogP contribution in [0.3, 0.4) is 0 Å². The summed E-state index contributed by atoms with van der Waals surface area (Å²) >= 11 is 9.52. The molecular weight excluding hydrogens is 356 g/mol. The van der Waals surface area contributed by atoms with E-state index in [-0.39, 0.29) is 0 Å². The van der Waals surface area contributed by atoms with E-state index in [0.29, 0.717) is 22.9 Å². The van der Waals surface area contributed by atoms with Crippen LogP contribution in [0.15, 0.2) is 22.7 Å². The molecule has 0 bridgehead atoms. The number of aromatic nitrogens is 2. The first-order chi connectivity index (χ1) is 9.93. The highest BCUT2D eigenvalue weighted by Crippen LogP contribution is 2.30. The number of aryl methyl sites for hydroxylation is 2. The fourth-order valence-electron chi connectivity index (χ4n) is 2.10. The topological polar surface area (TPSA) is 47.3 Å². The lowest BCUT2D eigenvalue weighted by molar-refractivity contribution is 0.189. The van der Waals surface area contributed by atoms with Crippen LogP contribution in [-0.4, -0.2) is 14.9 Å².